The fourth-order valence-corrected chi connectivity index (χ4v) is 5.10. The van der Waals surface area contributed by atoms with E-state index in [0.717, 1.165) is 5.69 Å². The first-order valence-electron chi connectivity index (χ1n) is 10.5. The van der Waals surface area contributed by atoms with Crippen molar-refractivity contribution in [1.82, 2.24) is 24.5 Å². The molecule has 11 nitrogen and oxygen atoms in total. The highest BCUT2D eigenvalue weighted by atomic mass is 32.2. The summed E-state index contributed by atoms with van der Waals surface area (Å²) in [6.07, 6.45) is 1.23. The van der Waals surface area contributed by atoms with E-state index in [2.05, 4.69) is 25.7 Å². The molecule has 1 aromatic heterocycles. The van der Waals surface area contributed by atoms with Gasteiger partial charge in [0.1, 0.15) is 11.4 Å². The molecule has 0 spiro atoms. The van der Waals surface area contributed by atoms with Gasteiger partial charge >= 0.3 is 0 Å². The van der Waals surface area contributed by atoms with Crippen LogP contribution in [-0.2, 0) is 14.8 Å². The molecule has 1 aliphatic rings. The summed E-state index contributed by atoms with van der Waals surface area (Å²) >= 11 is 1.22. The van der Waals surface area contributed by atoms with Gasteiger partial charge in [0.25, 0.3) is 0 Å². The average Bonchev–Trinajstić information content (AvgIpc) is 3.31. The number of para-hydroxylation sites is 2. The van der Waals surface area contributed by atoms with Crippen LogP contribution in [0.3, 0.4) is 0 Å². The van der Waals surface area contributed by atoms with Crippen LogP contribution in [0, 0.1) is 0 Å². The highest BCUT2D eigenvalue weighted by Crippen LogP contribution is 2.26. The zero-order valence-electron chi connectivity index (χ0n) is 18.8. The Balaban J connectivity index is 1.31. The van der Waals surface area contributed by atoms with Gasteiger partial charge in [-0.3, -0.25) is 4.79 Å². The lowest BCUT2D eigenvalue weighted by molar-refractivity contribution is -0.113. The molecule has 1 saturated heterocycles. The Morgan fingerprint density at radius 3 is 2.47 bits per heavy atom. The summed E-state index contributed by atoms with van der Waals surface area (Å²) in [7, 11) is -1.58. The first-order valence-corrected chi connectivity index (χ1v) is 13.3. The number of hydrogen-bond donors (Lipinski definition) is 1. The van der Waals surface area contributed by atoms with Gasteiger partial charge in [-0.1, -0.05) is 23.9 Å². The van der Waals surface area contributed by atoms with E-state index in [4.69, 9.17) is 4.74 Å². The molecule has 0 saturated carbocycles. The molecule has 34 heavy (non-hydrogen) atoms. The van der Waals surface area contributed by atoms with Crippen LogP contribution in [0.4, 0.5) is 11.4 Å². The highest BCUT2D eigenvalue weighted by molar-refractivity contribution is 7.99. The number of sulfonamides is 1. The molecule has 0 radical (unpaired) electrons. The second-order valence-electron chi connectivity index (χ2n) is 7.58. The normalized spacial score (nSPS) is 14.7. The summed E-state index contributed by atoms with van der Waals surface area (Å²) < 4.78 is 31.7. The van der Waals surface area contributed by atoms with Crippen LogP contribution in [0.15, 0.2) is 53.7 Å². The molecule has 1 N–H and O–H groups in total. The number of methoxy groups -OCH3 is 1. The molecule has 0 bridgehead atoms. The Kier molecular flexibility index (Phi) is 7.34. The van der Waals surface area contributed by atoms with Crippen molar-refractivity contribution in [2.24, 2.45) is 0 Å². The van der Waals surface area contributed by atoms with Crippen molar-refractivity contribution in [3.05, 3.63) is 48.5 Å². The van der Waals surface area contributed by atoms with E-state index < -0.39 is 10.0 Å². The quantitative estimate of drug-likeness (QED) is 0.455. The number of nitrogens with one attached hydrogen (secondary N) is 1. The zero-order chi connectivity index (χ0) is 24.1. The van der Waals surface area contributed by atoms with E-state index in [9.17, 15) is 13.2 Å². The average molecular weight is 504 g/mol. The number of amides is 1. The Labute approximate surface area is 202 Å². The van der Waals surface area contributed by atoms with Gasteiger partial charge in [-0.25, -0.2) is 8.42 Å². The van der Waals surface area contributed by atoms with Crippen molar-refractivity contribution in [2.75, 3.05) is 55.5 Å². The number of carbonyl (C=O) groups excluding carboxylic acids is 1. The molecule has 1 fully saturated rings. The number of nitrogens with zero attached hydrogens (tertiary/aromatic N) is 6. The molecule has 4 rings (SSSR count). The van der Waals surface area contributed by atoms with Gasteiger partial charge in [0.15, 0.2) is 0 Å². The van der Waals surface area contributed by atoms with Crippen LogP contribution < -0.4 is 15.0 Å². The second kappa shape index (κ2) is 10.4. The van der Waals surface area contributed by atoms with Crippen molar-refractivity contribution in [3.8, 4) is 11.4 Å². The van der Waals surface area contributed by atoms with E-state index in [1.165, 1.54) is 27.0 Å². The van der Waals surface area contributed by atoms with Crippen molar-refractivity contribution in [2.45, 2.75) is 5.16 Å². The van der Waals surface area contributed by atoms with Gasteiger partial charge in [0.2, 0.25) is 21.1 Å². The topological polar surface area (TPSA) is 123 Å². The maximum absolute atomic E-state index is 12.5. The van der Waals surface area contributed by atoms with Gasteiger partial charge in [0.05, 0.1) is 19.1 Å². The van der Waals surface area contributed by atoms with E-state index in [1.54, 1.807) is 7.11 Å². The Morgan fingerprint density at radius 2 is 1.79 bits per heavy atom. The lowest BCUT2D eigenvalue weighted by Gasteiger charge is -2.34. The van der Waals surface area contributed by atoms with Crippen molar-refractivity contribution in [1.29, 1.82) is 0 Å². The maximum atomic E-state index is 12.5. The number of piperazine rings is 1. The molecular weight excluding hydrogens is 478 g/mol. The number of ether oxygens (including phenoxy) is 1. The largest absolute Gasteiger partial charge is 0.494 e. The van der Waals surface area contributed by atoms with E-state index in [1.807, 2.05) is 48.5 Å². The highest BCUT2D eigenvalue weighted by Gasteiger charge is 2.23. The third-order valence-corrected chi connectivity index (χ3v) is 7.53. The third-order valence-electron chi connectivity index (χ3n) is 5.31. The second-order valence-corrected chi connectivity index (χ2v) is 10.5. The lowest BCUT2D eigenvalue weighted by atomic mass is 10.2. The van der Waals surface area contributed by atoms with E-state index in [-0.39, 0.29) is 11.7 Å². The predicted octanol–water partition coefficient (Wildman–Crippen LogP) is 1.48. The molecule has 0 aliphatic carbocycles. The van der Waals surface area contributed by atoms with Crippen molar-refractivity contribution < 1.29 is 17.9 Å². The van der Waals surface area contributed by atoms with Crippen molar-refractivity contribution >= 4 is 39.1 Å². The van der Waals surface area contributed by atoms with E-state index in [0.29, 0.717) is 48.5 Å². The number of tetrazole rings is 1. The number of thioether (sulfide) groups is 1. The van der Waals surface area contributed by atoms with E-state index >= 15 is 0 Å². The monoisotopic (exact) mass is 503 g/mol. The number of anilines is 2. The summed E-state index contributed by atoms with van der Waals surface area (Å²) in [5.74, 6) is 0.568. The minimum absolute atomic E-state index is 0.130. The molecule has 2 aromatic carbocycles. The molecule has 3 aromatic rings. The molecule has 0 atom stereocenters. The molecule has 1 aliphatic heterocycles. The van der Waals surface area contributed by atoms with Crippen LogP contribution in [0.1, 0.15) is 0 Å². The van der Waals surface area contributed by atoms with Crippen LogP contribution in [-0.4, -0.2) is 84.1 Å². The zero-order valence-corrected chi connectivity index (χ0v) is 20.4. The Hall–Kier alpha value is -3.16. The van der Waals surface area contributed by atoms with Crippen LogP contribution in [0.2, 0.25) is 0 Å². The third kappa shape index (κ3) is 5.66. The number of carbonyl (C=O) groups is 1. The van der Waals surface area contributed by atoms with Crippen LogP contribution >= 0.6 is 11.8 Å². The lowest BCUT2D eigenvalue weighted by Crippen LogP contribution is -2.48. The number of benzene rings is 2. The standard InChI is InChI=1S/C21H25N7O4S2/c1-32-19-6-4-3-5-18(19)28-21(23-24-25-28)33-15-20(29)22-16-7-9-17(10-8-16)26-11-13-27(14-12-26)34(2,30)31/h3-10H,11-15H2,1-2H3,(H,22,29). The fraction of sp³-hybridized carbons (Fsp3) is 0.333. The van der Waals surface area contributed by atoms with Crippen LogP contribution in [0.5, 0.6) is 5.75 Å². The summed E-state index contributed by atoms with van der Waals surface area (Å²) in [5.41, 5.74) is 2.34. The summed E-state index contributed by atoms with van der Waals surface area (Å²) in [6.45, 7) is 2.17. The number of hydrogen-bond acceptors (Lipinski definition) is 9. The Bertz CT molecular complexity index is 1240. The van der Waals surface area contributed by atoms with Gasteiger partial charge in [-0.2, -0.15) is 8.99 Å². The number of aromatic nitrogens is 4. The summed E-state index contributed by atoms with van der Waals surface area (Å²) in [4.78, 5) is 14.6. The summed E-state index contributed by atoms with van der Waals surface area (Å²) in [5, 5.41) is 15.1. The minimum atomic E-state index is -3.16. The van der Waals surface area contributed by atoms with Gasteiger partial charge in [-0.05, 0) is 46.8 Å². The molecule has 0 unspecified atom stereocenters. The summed E-state index contributed by atoms with van der Waals surface area (Å²) in [6, 6.07) is 14.9. The van der Waals surface area contributed by atoms with Gasteiger partial charge in [0, 0.05) is 37.6 Å². The van der Waals surface area contributed by atoms with Gasteiger partial charge < -0.3 is 15.0 Å². The maximum Gasteiger partial charge on any atom is 0.234 e. The molecular formula is C21H25N7O4S2. The fourth-order valence-electron chi connectivity index (χ4n) is 3.59. The SMILES string of the molecule is COc1ccccc1-n1nnnc1SCC(=O)Nc1ccc(N2CCN(S(C)(=O)=O)CC2)cc1. The van der Waals surface area contributed by atoms with Crippen molar-refractivity contribution in [3.63, 3.8) is 0 Å². The minimum Gasteiger partial charge on any atom is -0.494 e. The molecule has 1 amide bonds. The molecule has 2 heterocycles. The molecule has 180 valence electrons. The molecule has 13 heteroatoms. The van der Waals surface area contributed by atoms with Crippen LogP contribution in [0.25, 0.3) is 5.69 Å². The first kappa shape index (κ1) is 24.0. The number of rotatable bonds is 8. The smallest absolute Gasteiger partial charge is 0.234 e. The van der Waals surface area contributed by atoms with Gasteiger partial charge in [-0.15, -0.1) is 5.10 Å². The first-order chi connectivity index (χ1) is 16.3. The predicted molar refractivity (Wildman–Crippen MR) is 130 cm³/mol. The Morgan fingerprint density at radius 1 is 1.09 bits per heavy atom.